The number of nitrogens with one attached hydrogen (secondary N) is 3. The molecule has 11 heteroatoms. The fourth-order valence-corrected chi connectivity index (χ4v) is 6.43. The Kier molecular flexibility index (Phi) is 13.3. The third-order valence-corrected chi connectivity index (χ3v) is 9.18. The molecule has 272 valence electrons. The van der Waals surface area contributed by atoms with Crippen LogP contribution in [0, 0.1) is 5.82 Å². The van der Waals surface area contributed by atoms with Gasteiger partial charge in [-0.15, -0.1) is 0 Å². The summed E-state index contributed by atoms with van der Waals surface area (Å²) in [6, 6.07) is 24.7. The van der Waals surface area contributed by atoms with Gasteiger partial charge in [0.1, 0.15) is 0 Å². The molecule has 0 aliphatic carbocycles. The van der Waals surface area contributed by atoms with Gasteiger partial charge in [0.25, 0.3) is 0 Å². The highest BCUT2D eigenvalue weighted by Gasteiger charge is 2.22. The van der Waals surface area contributed by atoms with Gasteiger partial charge in [-0.2, -0.15) is 4.39 Å². The second kappa shape index (κ2) is 18.9. The molecule has 2 fully saturated rings. The van der Waals surface area contributed by atoms with Crippen LogP contribution in [0.2, 0.25) is 0 Å². The SMILES string of the molecule is CCOc1cc(CN2CCC(Nc3ncc(-c4ccccc4)cn3)CC2)cc(OCC)c1F.c1ccc(-c2cnc(NC3CCNCC3)nc2)cc1. The third kappa shape index (κ3) is 10.5. The quantitative estimate of drug-likeness (QED) is 0.121. The third-order valence-electron chi connectivity index (χ3n) is 9.18. The van der Waals surface area contributed by atoms with E-state index in [1.165, 1.54) is 0 Å². The highest BCUT2D eigenvalue weighted by molar-refractivity contribution is 5.62. The maximum atomic E-state index is 14.5. The van der Waals surface area contributed by atoms with E-state index < -0.39 is 5.82 Å². The topological polar surface area (TPSA) is 109 Å². The van der Waals surface area contributed by atoms with Crippen LogP contribution in [0.25, 0.3) is 22.3 Å². The molecule has 7 rings (SSSR count). The van der Waals surface area contributed by atoms with Gasteiger partial charge in [0.05, 0.1) is 13.2 Å². The number of ether oxygens (including phenoxy) is 2. The molecule has 2 saturated heterocycles. The molecule has 0 radical (unpaired) electrons. The summed E-state index contributed by atoms with van der Waals surface area (Å²) in [6.45, 7) is 9.27. The Labute approximate surface area is 306 Å². The summed E-state index contributed by atoms with van der Waals surface area (Å²) in [6.07, 6.45) is 11.7. The van der Waals surface area contributed by atoms with Gasteiger partial charge in [0.2, 0.25) is 17.7 Å². The molecule has 0 saturated carbocycles. The highest BCUT2D eigenvalue weighted by atomic mass is 19.1. The minimum Gasteiger partial charge on any atom is -0.491 e. The molecule has 0 spiro atoms. The number of aromatic nitrogens is 4. The zero-order valence-electron chi connectivity index (χ0n) is 30.1. The lowest BCUT2D eigenvalue weighted by molar-refractivity contribution is 0.210. The molecule has 0 amide bonds. The fraction of sp³-hybridized carbons (Fsp3) is 0.366. The maximum Gasteiger partial charge on any atom is 0.222 e. The summed E-state index contributed by atoms with van der Waals surface area (Å²) >= 11 is 0. The van der Waals surface area contributed by atoms with E-state index in [4.69, 9.17) is 9.47 Å². The Balaban J connectivity index is 0.000000206. The van der Waals surface area contributed by atoms with Gasteiger partial charge < -0.3 is 25.4 Å². The van der Waals surface area contributed by atoms with E-state index >= 15 is 0 Å². The number of rotatable bonds is 12. The van der Waals surface area contributed by atoms with Crippen molar-refractivity contribution in [1.29, 1.82) is 0 Å². The summed E-state index contributed by atoms with van der Waals surface area (Å²) < 4.78 is 25.5. The minimum atomic E-state index is -0.427. The number of piperidine rings is 2. The summed E-state index contributed by atoms with van der Waals surface area (Å²) in [5.74, 6) is 1.47. The monoisotopic (exact) mass is 704 g/mol. The second-order valence-electron chi connectivity index (χ2n) is 13.0. The van der Waals surface area contributed by atoms with Gasteiger partial charge in [-0.05, 0) is 81.4 Å². The van der Waals surface area contributed by atoms with E-state index in [0.717, 1.165) is 92.2 Å². The first kappa shape index (κ1) is 36.7. The van der Waals surface area contributed by atoms with Crippen LogP contribution in [0.4, 0.5) is 16.3 Å². The number of anilines is 2. The van der Waals surface area contributed by atoms with Crippen LogP contribution in [0.5, 0.6) is 11.5 Å². The van der Waals surface area contributed by atoms with Crippen LogP contribution >= 0.6 is 0 Å². The molecule has 2 aliphatic heterocycles. The predicted molar refractivity (Wildman–Crippen MR) is 205 cm³/mol. The Morgan fingerprint density at radius 1 is 0.654 bits per heavy atom. The van der Waals surface area contributed by atoms with E-state index in [9.17, 15) is 4.39 Å². The lowest BCUT2D eigenvalue weighted by Crippen LogP contribution is -2.39. The van der Waals surface area contributed by atoms with Gasteiger partial charge >= 0.3 is 0 Å². The van der Waals surface area contributed by atoms with Gasteiger partial charge in [0, 0.05) is 67.6 Å². The molecule has 0 bridgehead atoms. The van der Waals surface area contributed by atoms with Crippen LogP contribution in [0.3, 0.4) is 0 Å². The fourth-order valence-electron chi connectivity index (χ4n) is 6.43. The summed E-state index contributed by atoms with van der Waals surface area (Å²) in [7, 11) is 0. The molecule has 3 N–H and O–H groups in total. The van der Waals surface area contributed by atoms with E-state index in [1.807, 2.05) is 75.0 Å². The number of nitrogens with zero attached hydrogens (tertiary/aromatic N) is 5. The molecule has 52 heavy (non-hydrogen) atoms. The van der Waals surface area contributed by atoms with Crippen LogP contribution < -0.4 is 25.4 Å². The number of benzene rings is 3. The van der Waals surface area contributed by atoms with Crippen molar-refractivity contribution in [3.63, 3.8) is 0 Å². The van der Waals surface area contributed by atoms with Crippen molar-refractivity contribution < 1.29 is 13.9 Å². The number of likely N-dealkylation sites (tertiary alicyclic amines) is 1. The van der Waals surface area contributed by atoms with Gasteiger partial charge in [-0.3, -0.25) is 4.90 Å². The molecular formula is C41H49FN8O2. The van der Waals surface area contributed by atoms with Gasteiger partial charge in [0.15, 0.2) is 11.5 Å². The number of halogens is 1. The standard InChI is InChI=1S/C26H31FN4O2.C15H18N4/c1-3-32-23-14-19(15-24(25(23)27)33-4-2)18-31-12-10-22(11-13-31)30-26-28-16-21(17-29-26)20-8-6-5-7-9-20;1-2-4-12(5-3-1)13-10-17-15(18-11-13)19-14-6-8-16-9-7-14/h5-9,14-17,22H,3-4,10-13,18H2,1-2H3,(H,28,29,30);1-5,10-11,14,16H,6-9H2,(H,17,18,19). The number of hydrogen-bond donors (Lipinski definition) is 3. The van der Waals surface area contributed by atoms with Crippen molar-refractivity contribution in [2.24, 2.45) is 0 Å². The second-order valence-corrected chi connectivity index (χ2v) is 13.0. The predicted octanol–water partition coefficient (Wildman–Crippen LogP) is 7.46. The molecule has 2 aliphatic rings. The summed E-state index contributed by atoms with van der Waals surface area (Å²) in [5, 5.41) is 10.2. The minimum absolute atomic E-state index is 0.256. The van der Waals surface area contributed by atoms with Crippen molar-refractivity contribution in [2.75, 3.05) is 50.0 Å². The van der Waals surface area contributed by atoms with E-state index in [-0.39, 0.29) is 11.5 Å². The zero-order chi connectivity index (χ0) is 36.0. The summed E-state index contributed by atoms with van der Waals surface area (Å²) in [4.78, 5) is 20.2. The van der Waals surface area contributed by atoms with Crippen molar-refractivity contribution in [3.8, 4) is 33.8 Å². The zero-order valence-corrected chi connectivity index (χ0v) is 30.1. The molecule has 4 heterocycles. The van der Waals surface area contributed by atoms with Crippen LogP contribution in [-0.2, 0) is 6.54 Å². The Bertz CT molecular complexity index is 1760. The largest absolute Gasteiger partial charge is 0.491 e. The van der Waals surface area contributed by atoms with Crippen molar-refractivity contribution >= 4 is 11.9 Å². The van der Waals surface area contributed by atoms with E-state index in [1.54, 1.807) is 12.1 Å². The smallest absolute Gasteiger partial charge is 0.222 e. The maximum absolute atomic E-state index is 14.5. The molecule has 0 atom stereocenters. The van der Waals surface area contributed by atoms with Gasteiger partial charge in [-0.1, -0.05) is 60.7 Å². The van der Waals surface area contributed by atoms with Gasteiger partial charge in [-0.25, -0.2) is 19.9 Å². The van der Waals surface area contributed by atoms with Crippen LogP contribution in [-0.4, -0.2) is 76.3 Å². The van der Waals surface area contributed by atoms with E-state index in [2.05, 4.69) is 65.1 Å². The Morgan fingerprint density at radius 3 is 1.54 bits per heavy atom. The Morgan fingerprint density at radius 2 is 1.10 bits per heavy atom. The molecule has 0 unspecified atom stereocenters. The van der Waals surface area contributed by atoms with Crippen LogP contribution in [0.15, 0.2) is 97.6 Å². The van der Waals surface area contributed by atoms with Crippen LogP contribution in [0.1, 0.15) is 45.1 Å². The molecule has 2 aromatic heterocycles. The Hall–Kier alpha value is -5.13. The van der Waals surface area contributed by atoms with E-state index in [0.29, 0.717) is 31.2 Å². The van der Waals surface area contributed by atoms with Crippen molar-refractivity contribution in [2.45, 2.75) is 58.2 Å². The van der Waals surface area contributed by atoms with Crippen molar-refractivity contribution in [3.05, 3.63) is 109 Å². The lowest BCUT2D eigenvalue weighted by Gasteiger charge is -2.32. The van der Waals surface area contributed by atoms with Crippen molar-refractivity contribution in [1.82, 2.24) is 30.2 Å². The first-order valence-electron chi connectivity index (χ1n) is 18.4. The lowest BCUT2D eigenvalue weighted by atomic mass is 10.0. The average Bonchev–Trinajstić information content (AvgIpc) is 3.19. The first-order chi connectivity index (χ1) is 25.6. The number of hydrogen-bond acceptors (Lipinski definition) is 10. The summed E-state index contributed by atoms with van der Waals surface area (Å²) in [5.41, 5.74) is 5.31. The average molecular weight is 705 g/mol. The molecule has 3 aromatic carbocycles. The highest BCUT2D eigenvalue weighted by Crippen LogP contribution is 2.30. The normalized spacial score (nSPS) is 15.3. The molecular weight excluding hydrogens is 656 g/mol. The molecule has 5 aromatic rings. The molecule has 10 nitrogen and oxygen atoms in total. The first-order valence-corrected chi connectivity index (χ1v) is 18.4.